The van der Waals surface area contributed by atoms with Gasteiger partial charge in [-0.05, 0) is 13.8 Å². The van der Waals surface area contributed by atoms with Crippen LogP contribution in [0.3, 0.4) is 0 Å². The molecule has 112 valence electrons. The number of aliphatic carboxylic acids is 1. The fourth-order valence-electron chi connectivity index (χ4n) is 2.06. The first kappa shape index (κ1) is 15.4. The van der Waals surface area contributed by atoms with Crippen LogP contribution >= 0.6 is 11.3 Å². The summed E-state index contributed by atoms with van der Waals surface area (Å²) in [5.41, 5.74) is 0.729. The summed E-state index contributed by atoms with van der Waals surface area (Å²) in [4.78, 5) is 14.5. The molecule has 0 bridgehead atoms. The molecular formula is C11H16N2O5S2. The summed E-state index contributed by atoms with van der Waals surface area (Å²) in [7, 11) is -3.68. The minimum Gasteiger partial charge on any atom is -0.481 e. The molecule has 2 rings (SSSR count). The molecule has 9 heteroatoms. The van der Waals surface area contributed by atoms with Crippen LogP contribution in [-0.4, -0.2) is 53.6 Å². The van der Waals surface area contributed by atoms with Gasteiger partial charge in [-0.3, -0.25) is 9.78 Å². The van der Waals surface area contributed by atoms with Gasteiger partial charge in [-0.15, -0.1) is 11.3 Å². The number of nitrogens with zero attached hydrogens (tertiary/aromatic N) is 2. The Morgan fingerprint density at radius 3 is 2.90 bits per heavy atom. The number of morpholine rings is 1. The molecule has 1 aromatic heterocycles. The number of carboxylic acids is 1. The van der Waals surface area contributed by atoms with Crippen molar-refractivity contribution in [2.24, 2.45) is 0 Å². The van der Waals surface area contributed by atoms with Gasteiger partial charge in [0.15, 0.2) is 4.21 Å². The van der Waals surface area contributed by atoms with Gasteiger partial charge in [0.1, 0.15) is 0 Å². The average Bonchev–Trinajstić information content (AvgIpc) is 2.84. The summed E-state index contributed by atoms with van der Waals surface area (Å²) in [6, 6.07) is 0. The maximum atomic E-state index is 12.6. The van der Waals surface area contributed by atoms with E-state index in [2.05, 4.69) is 4.98 Å². The lowest BCUT2D eigenvalue weighted by molar-refractivity contribution is -0.143. The van der Waals surface area contributed by atoms with Crippen LogP contribution in [0.15, 0.2) is 15.9 Å². The lowest BCUT2D eigenvalue weighted by atomic mass is 10.0. The lowest BCUT2D eigenvalue weighted by Gasteiger charge is -2.43. The third-order valence-corrected chi connectivity index (χ3v) is 6.40. The largest absolute Gasteiger partial charge is 0.481 e. The summed E-state index contributed by atoms with van der Waals surface area (Å²) < 4.78 is 32.1. The van der Waals surface area contributed by atoms with Crippen molar-refractivity contribution in [2.75, 3.05) is 13.2 Å². The summed E-state index contributed by atoms with van der Waals surface area (Å²) in [6.07, 6.45) is 0.450. The second kappa shape index (κ2) is 5.40. The zero-order valence-corrected chi connectivity index (χ0v) is 12.8. The number of carbonyl (C=O) groups is 1. The molecule has 1 aliphatic rings. The van der Waals surface area contributed by atoms with Crippen molar-refractivity contribution in [1.29, 1.82) is 0 Å². The van der Waals surface area contributed by atoms with Gasteiger partial charge in [-0.1, -0.05) is 0 Å². The van der Waals surface area contributed by atoms with E-state index in [0.29, 0.717) is 0 Å². The fraction of sp³-hybridized carbons (Fsp3) is 0.636. The number of hydrogen-bond donors (Lipinski definition) is 1. The molecule has 1 fully saturated rings. The van der Waals surface area contributed by atoms with Crippen molar-refractivity contribution in [3.8, 4) is 0 Å². The van der Waals surface area contributed by atoms with Crippen LogP contribution < -0.4 is 0 Å². The Bertz CT molecular complexity index is 582. The highest BCUT2D eigenvalue weighted by atomic mass is 32.2. The molecule has 0 aromatic carbocycles. The van der Waals surface area contributed by atoms with Crippen LogP contribution in [0, 0.1) is 0 Å². The van der Waals surface area contributed by atoms with Gasteiger partial charge in [0.2, 0.25) is 0 Å². The quantitative estimate of drug-likeness (QED) is 0.881. The van der Waals surface area contributed by atoms with Gasteiger partial charge in [-0.25, -0.2) is 8.42 Å². The summed E-state index contributed by atoms with van der Waals surface area (Å²) >= 11 is 1.04. The number of thiazole rings is 1. The molecule has 0 amide bonds. The number of carboxylic acid groups (broad SMARTS) is 1. The Labute approximate surface area is 121 Å². The highest BCUT2D eigenvalue weighted by Gasteiger charge is 2.43. The van der Waals surface area contributed by atoms with Crippen molar-refractivity contribution >= 4 is 27.3 Å². The molecule has 1 unspecified atom stereocenters. The van der Waals surface area contributed by atoms with Crippen molar-refractivity contribution in [3.05, 3.63) is 11.7 Å². The normalized spacial score (nSPS) is 23.6. The second-order valence-corrected chi connectivity index (χ2v) is 8.18. The van der Waals surface area contributed by atoms with E-state index in [1.807, 2.05) is 0 Å². The molecule has 1 aromatic rings. The summed E-state index contributed by atoms with van der Waals surface area (Å²) in [6.45, 7) is 3.69. The molecule has 2 heterocycles. The molecule has 1 aliphatic heterocycles. The van der Waals surface area contributed by atoms with Gasteiger partial charge in [0.05, 0.1) is 36.4 Å². The average molecular weight is 320 g/mol. The van der Waals surface area contributed by atoms with Crippen molar-refractivity contribution < 1.29 is 23.1 Å². The third-order valence-electron chi connectivity index (χ3n) is 3.07. The number of sulfonamides is 1. The van der Waals surface area contributed by atoms with Crippen LogP contribution in [0.2, 0.25) is 0 Å². The molecule has 0 aliphatic carbocycles. The van der Waals surface area contributed by atoms with E-state index >= 15 is 0 Å². The highest BCUT2D eigenvalue weighted by Crippen LogP contribution is 2.31. The maximum Gasteiger partial charge on any atom is 0.306 e. The zero-order chi connectivity index (χ0) is 15.0. The number of aromatic nitrogens is 1. The van der Waals surface area contributed by atoms with E-state index < -0.39 is 27.6 Å². The number of hydrogen-bond acceptors (Lipinski definition) is 6. The first-order valence-electron chi connectivity index (χ1n) is 5.98. The van der Waals surface area contributed by atoms with Gasteiger partial charge in [0, 0.05) is 6.54 Å². The topological polar surface area (TPSA) is 96.8 Å². The van der Waals surface area contributed by atoms with Gasteiger partial charge < -0.3 is 9.84 Å². The van der Waals surface area contributed by atoms with E-state index in [-0.39, 0.29) is 23.8 Å². The maximum absolute atomic E-state index is 12.6. The predicted octanol–water partition coefficient (Wildman–Crippen LogP) is 0.786. The molecular weight excluding hydrogens is 304 g/mol. The molecule has 1 atom stereocenters. The third kappa shape index (κ3) is 3.00. The van der Waals surface area contributed by atoms with Gasteiger partial charge >= 0.3 is 5.97 Å². The molecule has 1 N–H and O–H groups in total. The molecule has 7 nitrogen and oxygen atoms in total. The van der Waals surface area contributed by atoms with Crippen LogP contribution in [-0.2, 0) is 19.6 Å². The first-order valence-corrected chi connectivity index (χ1v) is 8.30. The predicted molar refractivity (Wildman–Crippen MR) is 72.1 cm³/mol. The van der Waals surface area contributed by atoms with Crippen LogP contribution in [0.1, 0.15) is 20.3 Å². The minimum absolute atomic E-state index is 0.0273. The highest BCUT2D eigenvalue weighted by molar-refractivity contribution is 7.91. The van der Waals surface area contributed by atoms with E-state index in [4.69, 9.17) is 9.84 Å². The SMILES string of the molecule is CC1(C)COC(CC(=O)O)CN1S(=O)(=O)c1cncs1. The minimum atomic E-state index is -3.68. The molecule has 20 heavy (non-hydrogen) atoms. The van der Waals surface area contributed by atoms with Crippen LogP contribution in [0.4, 0.5) is 0 Å². The van der Waals surface area contributed by atoms with Crippen molar-refractivity contribution in [1.82, 2.24) is 9.29 Å². The fourth-order valence-corrected chi connectivity index (χ4v) is 4.77. The number of ether oxygens (including phenoxy) is 1. The Morgan fingerprint density at radius 1 is 1.65 bits per heavy atom. The number of rotatable bonds is 4. The Kier molecular flexibility index (Phi) is 4.14. The van der Waals surface area contributed by atoms with Gasteiger partial charge in [-0.2, -0.15) is 4.31 Å². The zero-order valence-electron chi connectivity index (χ0n) is 11.1. The van der Waals surface area contributed by atoms with Crippen LogP contribution in [0.25, 0.3) is 0 Å². The smallest absolute Gasteiger partial charge is 0.306 e. The molecule has 0 spiro atoms. The first-order chi connectivity index (χ1) is 9.23. The van der Waals surface area contributed by atoms with Crippen molar-refractivity contribution in [2.45, 2.75) is 36.1 Å². The Morgan fingerprint density at radius 2 is 2.35 bits per heavy atom. The van der Waals surface area contributed by atoms with Gasteiger partial charge in [0.25, 0.3) is 10.0 Å². The second-order valence-electron chi connectivity index (χ2n) is 5.20. The molecule has 1 saturated heterocycles. The van der Waals surface area contributed by atoms with Crippen molar-refractivity contribution in [3.63, 3.8) is 0 Å². The summed E-state index contributed by atoms with van der Waals surface area (Å²) in [5.74, 6) is -1.01. The summed E-state index contributed by atoms with van der Waals surface area (Å²) in [5, 5.41) is 8.81. The Hall–Kier alpha value is -1.03. The Balaban J connectivity index is 2.29. The van der Waals surface area contributed by atoms with E-state index in [1.165, 1.54) is 16.0 Å². The monoisotopic (exact) mass is 320 g/mol. The van der Waals surface area contributed by atoms with E-state index in [0.717, 1.165) is 11.3 Å². The van der Waals surface area contributed by atoms with E-state index in [1.54, 1.807) is 13.8 Å². The standard InChI is InChI=1S/C11H16N2O5S2/c1-11(2)6-18-8(3-9(14)15)5-13(11)20(16,17)10-4-12-7-19-10/h4,7-8H,3,5-6H2,1-2H3,(H,14,15). The van der Waals surface area contributed by atoms with E-state index in [9.17, 15) is 13.2 Å². The molecule has 0 radical (unpaired) electrons. The van der Waals surface area contributed by atoms with Crippen LogP contribution in [0.5, 0.6) is 0 Å². The lowest BCUT2D eigenvalue weighted by Crippen LogP contribution is -2.58. The molecule has 0 saturated carbocycles.